The summed E-state index contributed by atoms with van der Waals surface area (Å²) in [6.07, 6.45) is 95.8. The van der Waals surface area contributed by atoms with Crippen LogP contribution >= 0.6 is 0 Å². The van der Waals surface area contributed by atoms with Crippen LogP contribution < -0.4 is 0 Å². The first-order valence-electron chi connectivity index (χ1n) is 35.7. The van der Waals surface area contributed by atoms with Crippen LogP contribution in [0.2, 0.25) is 0 Å². The highest BCUT2D eigenvalue weighted by Crippen LogP contribution is 2.17. The first kappa shape index (κ1) is 79.3. The first-order valence-corrected chi connectivity index (χ1v) is 35.7. The van der Waals surface area contributed by atoms with E-state index < -0.39 is 6.10 Å². The number of hydrogen-bond donors (Lipinski definition) is 0. The minimum absolute atomic E-state index is 0.0869. The molecule has 0 radical (unpaired) electrons. The fraction of sp³-hybridized carbons (Fsp3) is 0.753. The zero-order valence-electron chi connectivity index (χ0n) is 54.9. The van der Waals surface area contributed by atoms with Crippen LogP contribution in [-0.4, -0.2) is 37.2 Å². The summed E-state index contributed by atoms with van der Waals surface area (Å²) in [6, 6.07) is 0. The molecule has 0 aliphatic heterocycles. The Hall–Kier alpha value is -3.67. The predicted molar refractivity (Wildman–Crippen MR) is 362 cm³/mol. The first-order chi connectivity index (χ1) is 41.0. The van der Waals surface area contributed by atoms with Gasteiger partial charge in [-0.3, -0.25) is 14.4 Å². The van der Waals surface area contributed by atoms with Gasteiger partial charge in [-0.2, -0.15) is 0 Å². The van der Waals surface area contributed by atoms with E-state index in [9.17, 15) is 14.4 Å². The molecule has 0 rings (SSSR count). The monoisotopic (exact) mass is 1160 g/mol. The molecule has 0 aromatic heterocycles. The molecule has 0 aliphatic carbocycles. The largest absolute Gasteiger partial charge is 0.462 e. The molecule has 6 nitrogen and oxygen atoms in total. The van der Waals surface area contributed by atoms with E-state index in [1.807, 2.05) is 0 Å². The van der Waals surface area contributed by atoms with Gasteiger partial charge < -0.3 is 14.2 Å². The lowest BCUT2D eigenvalue weighted by atomic mass is 10.0. The van der Waals surface area contributed by atoms with Crippen LogP contribution in [-0.2, 0) is 28.6 Å². The minimum Gasteiger partial charge on any atom is -0.462 e. The summed E-state index contributed by atoms with van der Waals surface area (Å²) >= 11 is 0. The van der Waals surface area contributed by atoms with E-state index in [0.717, 1.165) is 103 Å². The zero-order valence-corrected chi connectivity index (χ0v) is 54.9. The van der Waals surface area contributed by atoms with Crippen molar-refractivity contribution in [1.82, 2.24) is 0 Å². The maximum Gasteiger partial charge on any atom is 0.306 e. The molecule has 0 saturated carbocycles. The summed E-state index contributed by atoms with van der Waals surface area (Å²) < 4.78 is 17.0. The standard InChI is InChI=1S/C77H134O6/c1-4-7-10-13-16-19-22-25-27-29-31-33-35-37-38-40-41-43-45-47-49-52-55-58-61-64-67-70-76(79)82-73-74(72-81-75(78)69-66-63-60-57-54-51-24-21-18-15-12-9-6-3)83-77(80)71-68-65-62-59-56-53-50-48-46-44-42-39-36-34-32-30-28-26-23-20-17-14-11-8-5-2/h9,12,18,21-23,25-26,29-32,36,39,51,54,74H,4-8,10-11,13-17,19-20,24,27-28,33-35,37-38,40-50,52-53,55-73H2,1-3H3/b12-9-,21-18-,25-22-,26-23-,31-29-,32-30-,39-36-,54-51-. The lowest BCUT2D eigenvalue weighted by molar-refractivity contribution is -0.167. The van der Waals surface area contributed by atoms with E-state index in [1.54, 1.807) is 0 Å². The Bertz CT molecular complexity index is 1610. The molecule has 83 heavy (non-hydrogen) atoms. The Morgan fingerprint density at radius 2 is 0.470 bits per heavy atom. The Morgan fingerprint density at radius 3 is 0.747 bits per heavy atom. The summed E-state index contributed by atoms with van der Waals surface area (Å²) in [5, 5.41) is 0. The number of carbonyl (C=O) groups is 3. The second-order valence-corrected chi connectivity index (χ2v) is 23.8. The highest BCUT2D eigenvalue weighted by atomic mass is 16.6. The summed E-state index contributed by atoms with van der Waals surface area (Å²) in [5.41, 5.74) is 0. The predicted octanol–water partition coefficient (Wildman–Crippen LogP) is 24.8. The third-order valence-corrected chi connectivity index (χ3v) is 15.5. The van der Waals surface area contributed by atoms with Crippen molar-refractivity contribution in [3.05, 3.63) is 97.2 Å². The topological polar surface area (TPSA) is 78.9 Å². The molecule has 0 saturated heterocycles. The summed E-state index contributed by atoms with van der Waals surface area (Å²) in [6.45, 7) is 6.52. The van der Waals surface area contributed by atoms with Crippen molar-refractivity contribution in [1.29, 1.82) is 0 Å². The van der Waals surface area contributed by atoms with Gasteiger partial charge in [-0.15, -0.1) is 0 Å². The quantitative estimate of drug-likeness (QED) is 0.0261. The lowest BCUT2D eigenvalue weighted by Crippen LogP contribution is -2.30. The van der Waals surface area contributed by atoms with E-state index in [0.29, 0.717) is 19.3 Å². The third-order valence-electron chi connectivity index (χ3n) is 15.5. The maximum atomic E-state index is 13.0. The molecule has 0 aromatic rings. The Morgan fingerprint density at radius 1 is 0.253 bits per heavy atom. The van der Waals surface area contributed by atoms with Crippen LogP contribution in [0.25, 0.3) is 0 Å². The van der Waals surface area contributed by atoms with Gasteiger partial charge in [0.2, 0.25) is 0 Å². The second-order valence-electron chi connectivity index (χ2n) is 23.8. The van der Waals surface area contributed by atoms with Crippen LogP contribution in [0, 0.1) is 0 Å². The van der Waals surface area contributed by atoms with Gasteiger partial charge in [-0.25, -0.2) is 0 Å². The van der Waals surface area contributed by atoms with Crippen molar-refractivity contribution in [2.75, 3.05) is 13.2 Å². The number of hydrogen-bond acceptors (Lipinski definition) is 6. The van der Waals surface area contributed by atoms with Gasteiger partial charge in [0.15, 0.2) is 6.10 Å². The Labute approximate surface area is 515 Å². The molecule has 1 unspecified atom stereocenters. The van der Waals surface area contributed by atoms with Crippen LogP contribution in [0.15, 0.2) is 97.2 Å². The van der Waals surface area contributed by atoms with Gasteiger partial charge in [-0.05, 0) is 122 Å². The van der Waals surface area contributed by atoms with Crippen molar-refractivity contribution in [3.63, 3.8) is 0 Å². The van der Waals surface area contributed by atoms with Crippen molar-refractivity contribution in [3.8, 4) is 0 Å². The molecule has 0 bridgehead atoms. The van der Waals surface area contributed by atoms with Gasteiger partial charge in [0.25, 0.3) is 0 Å². The number of unbranched alkanes of at least 4 members (excludes halogenated alkanes) is 38. The molecule has 0 aliphatic rings. The molecule has 0 aromatic carbocycles. The summed E-state index contributed by atoms with van der Waals surface area (Å²) in [5.74, 6) is -0.907. The smallest absolute Gasteiger partial charge is 0.306 e. The molecule has 1 atom stereocenters. The normalized spacial score (nSPS) is 12.7. The van der Waals surface area contributed by atoms with Crippen LogP contribution in [0.4, 0.5) is 0 Å². The van der Waals surface area contributed by atoms with Crippen molar-refractivity contribution < 1.29 is 28.6 Å². The number of esters is 3. The van der Waals surface area contributed by atoms with E-state index in [1.165, 1.54) is 212 Å². The van der Waals surface area contributed by atoms with Gasteiger partial charge in [-0.1, -0.05) is 311 Å². The van der Waals surface area contributed by atoms with E-state index >= 15 is 0 Å². The fourth-order valence-corrected chi connectivity index (χ4v) is 10.2. The van der Waals surface area contributed by atoms with Crippen molar-refractivity contribution >= 4 is 17.9 Å². The number of ether oxygens (including phenoxy) is 3. The molecule has 0 heterocycles. The van der Waals surface area contributed by atoms with Gasteiger partial charge in [0.1, 0.15) is 13.2 Å². The summed E-state index contributed by atoms with van der Waals surface area (Å²) in [7, 11) is 0. The molecule has 6 heteroatoms. The fourth-order valence-electron chi connectivity index (χ4n) is 10.2. The zero-order chi connectivity index (χ0) is 59.9. The highest BCUT2D eigenvalue weighted by Gasteiger charge is 2.19. The average Bonchev–Trinajstić information content (AvgIpc) is 3.49. The molecule has 0 fully saturated rings. The van der Waals surface area contributed by atoms with Gasteiger partial charge >= 0.3 is 17.9 Å². The van der Waals surface area contributed by atoms with Crippen LogP contribution in [0.5, 0.6) is 0 Å². The third kappa shape index (κ3) is 69.0. The second kappa shape index (κ2) is 70.8. The maximum absolute atomic E-state index is 13.0. The molecular formula is C77H134O6. The van der Waals surface area contributed by atoms with Crippen LogP contribution in [0.3, 0.4) is 0 Å². The van der Waals surface area contributed by atoms with E-state index in [2.05, 4.69) is 118 Å². The Kier molecular flexibility index (Phi) is 67.7. The van der Waals surface area contributed by atoms with Gasteiger partial charge in [0, 0.05) is 19.3 Å². The average molecular weight is 1160 g/mol. The van der Waals surface area contributed by atoms with Crippen molar-refractivity contribution in [2.24, 2.45) is 0 Å². The van der Waals surface area contributed by atoms with E-state index in [4.69, 9.17) is 14.2 Å². The Balaban J connectivity index is 4.28. The molecule has 0 amide bonds. The molecular weight excluding hydrogens is 1020 g/mol. The number of carbonyl (C=O) groups excluding carboxylic acids is 3. The van der Waals surface area contributed by atoms with E-state index in [-0.39, 0.29) is 31.1 Å². The van der Waals surface area contributed by atoms with Gasteiger partial charge in [0.05, 0.1) is 0 Å². The van der Waals surface area contributed by atoms with Crippen molar-refractivity contribution in [2.45, 2.75) is 361 Å². The molecule has 0 N–H and O–H groups in total. The highest BCUT2D eigenvalue weighted by molar-refractivity contribution is 5.71. The number of rotatable bonds is 65. The number of allylic oxidation sites excluding steroid dienone is 16. The molecule has 0 spiro atoms. The SMILES string of the molecule is CC/C=C\C/C=C\C/C=C\CCCCCC(=O)OCC(COC(=O)CCCCCCCCCCCCCCCCC/C=C\C/C=C\CCCCCCC)OC(=O)CCCCCCCCCCCC/C=C\C/C=C\C/C=C\CCCCCCC. The summed E-state index contributed by atoms with van der Waals surface area (Å²) in [4.78, 5) is 38.4. The lowest BCUT2D eigenvalue weighted by Gasteiger charge is -2.18. The molecule has 478 valence electrons. The minimum atomic E-state index is -0.794. The van der Waals surface area contributed by atoms with Crippen LogP contribution in [0.1, 0.15) is 355 Å².